The van der Waals surface area contributed by atoms with Crippen molar-refractivity contribution in [1.82, 2.24) is 0 Å². The van der Waals surface area contributed by atoms with E-state index in [4.69, 9.17) is 14.9 Å². The minimum Gasteiger partial charge on any atom is -0.431 e. The van der Waals surface area contributed by atoms with E-state index in [0.29, 0.717) is 5.75 Å². The summed E-state index contributed by atoms with van der Waals surface area (Å²) in [7, 11) is 0. The van der Waals surface area contributed by atoms with E-state index in [9.17, 15) is 4.79 Å². The van der Waals surface area contributed by atoms with Crippen molar-refractivity contribution in [2.24, 2.45) is 0 Å². The van der Waals surface area contributed by atoms with Crippen LogP contribution in [0.25, 0.3) is 0 Å². The van der Waals surface area contributed by atoms with Gasteiger partial charge in [0.25, 0.3) is 0 Å². The first kappa shape index (κ1) is 11.5. The van der Waals surface area contributed by atoms with Gasteiger partial charge in [-0.2, -0.15) is 0 Å². The molecule has 82 valence electrons. The van der Waals surface area contributed by atoms with Gasteiger partial charge < -0.3 is 19.7 Å². The summed E-state index contributed by atoms with van der Waals surface area (Å²) in [5.74, 6) is 0.362. The van der Waals surface area contributed by atoms with Gasteiger partial charge >= 0.3 is 6.16 Å². The van der Waals surface area contributed by atoms with Gasteiger partial charge in [0.1, 0.15) is 18.5 Å². The molecule has 0 saturated heterocycles. The standard InChI is InChI=1S/C10H12O5/c11-6-8(12)7-14-10(13)15-9-4-2-1-3-5-9/h1-5,8,11-12H,6-7H2. The third-order valence-corrected chi connectivity index (χ3v) is 1.55. The number of aliphatic hydroxyl groups is 2. The highest BCUT2D eigenvalue weighted by molar-refractivity contribution is 5.63. The van der Waals surface area contributed by atoms with Crippen molar-refractivity contribution >= 4 is 6.16 Å². The van der Waals surface area contributed by atoms with E-state index in [0.717, 1.165) is 0 Å². The summed E-state index contributed by atoms with van der Waals surface area (Å²) >= 11 is 0. The molecule has 0 aromatic heterocycles. The van der Waals surface area contributed by atoms with Crippen LogP contribution in [0.4, 0.5) is 4.79 Å². The maximum atomic E-state index is 11.0. The molecule has 0 radical (unpaired) electrons. The lowest BCUT2D eigenvalue weighted by molar-refractivity contribution is 0.0176. The van der Waals surface area contributed by atoms with Crippen LogP contribution >= 0.6 is 0 Å². The summed E-state index contributed by atoms with van der Waals surface area (Å²) < 4.78 is 9.28. The number of aliphatic hydroxyl groups excluding tert-OH is 2. The number of rotatable bonds is 4. The smallest absolute Gasteiger partial charge is 0.431 e. The van der Waals surface area contributed by atoms with E-state index < -0.39 is 18.9 Å². The second kappa shape index (κ2) is 6.00. The average molecular weight is 212 g/mol. The number of para-hydroxylation sites is 1. The van der Waals surface area contributed by atoms with Crippen LogP contribution in [-0.2, 0) is 4.74 Å². The van der Waals surface area contributed by atoms with Gasteiger partial charge in [-0.1, -0.05) is 18.2 Å². The summed E-state index contributed by atoms with van der Waals surface area (Å²) in [6.45, 7) is -0.749. The van der Waals surface area contributed by atoms with E-state index in [1.54, 1.807) is 30.3 Å². The van der Waals surface area contributed by atoms with Gasteiger partial charge in [0, 0.05) is 0 Å². The predicted molar refractivity (Wildman–Crippen MR) is 51.5 cm³/mol. The summed E-state index contributed by atoms with van der Waals surface area (Å²) in [4.78, 5) is 11.0. The van der Waals surface area contributed by atoms with Crippen LogP contribution in [-0.4, -0.2) is 35.7 Å². The van der Waals surface area contributed by atoms with Crippen molar-refractivity contribution in [3.63, 3.8) is 0 Å². The SMILES string of the molecule is O=C(OCC(O)CO)Oc1ccccc1. The molecule has 0 aliphatic rings. The Balaban J connectivity index is 2.31. The zero-order valence-electron chi connectivity index (χ0n) is 8.00. The molecule has 0 fully saturated rings. The zero-order valence-corrected chi connectivity index (χ0v) is 8.00. The Labute approximate surface area is 86.9 Å². The lowest BCUT2D eigenvalue weighted by Gasteiger charge is -2.08. The second-order valence-electron chi connectivity index (χ2n) is 2.81. The van der Waals surface area contributed by atoms with Gasteiger partial charge in [-0.25, -0.2) is 4.79 Å². The molecule has 5 heteroatoms. The molecule has 5 nitrogen and oxygen atoms in total. The fourth-order valence-corrected chi connectivity index (χ4v) is 0.831. The van der Waals surface area contributed by atoms with Gasteiger partial charge in [0.05, 0.1) is 6.61 Å². The highest BCUT2D eigenvalue weighted by Gasteiger charge is 2.09. The Kier molecular flexibility index (Phi) is 4.59. The van der Waals surface area contributed by atoms with Crippen molar-refractivity contribution < 1.29 is 24.5 Å². The monoisotopic (exact) mass is 212 g/mol. The molecule has 0 aliphatic heterocycles. The molecule has 0 heterocycles. The molecule has 1 atom stereocenters. The number of benzene rings is 1. The summed E-state index contributed by atoms with van der Waals surface area (Å²) in [6, 6.07) is 8.41. The Hall–Kier alpha value is -1.59. The number of hydrogen-bond acceptors (Lipinski definition) is 5. The molecule has 0 spiro atoms. The first-order valence-corrected chi connectivity index (χ1v) is 4.41. The van der Waals surface area contributed by atoms with E-state index >= 15 is 0 Å². The molecule has 1 rings (SSSR count). The molecule has 0 amide bonds. The quantitative estimate of drug-likeness (QED) is 0.563. The molecule has 1 aromatic carbocycles. The average Bonchev–Trinajstić information content (AvgIpc) is 2.27. The van der Waals surface area contributed by atoms with Crippen molar-refractivity contribution in [3.8, 4) is 5.75 Å². The van der Waals surface area contributed by atoms with E-state index in [1.807, 2.05) is 0 Å². The van der Waals surface area contributed by atoms with Gasteiger partial charge in [-0.3, -0.25) is 0 Å². The Morgan fingerprint density at radius 3 is 2.60 bits per heavy atom. The van der Waals surface area contributed by atoms with Crippen LogP contribution in [0, 0.1) is 0 Å². The van der Waals surface area contributed by atoms with E-state index in [-0.39, 0.29) is 6.61 Å². The first-order chi connectivity index (χ1) is 7.22. The molecule has 1 aromatic rings. The highest BCUT2D eigenvalue weighted by Crippen LogP contribution is 2.08. The van der Waals surface area contributed by atoms with E-state index in [2.05, 4.69) is 4.74 Å². The summed E-state index contributed by atoms with van der Waals surface area (Å²) in [5.41, 5.74) is 0. The minimum atomic E-state index is -1.08. The van der Waals surface area contributed by atoms with E-state index in [1.165, 1.54) is 0 Å². The molecule has 1 unspecified atom stereocenters. The van der Waals surface area contributed by atoms with Crippen molar-refractivity contribution in [1.29, 1.82) is 0 Å². The number of carbonyl (C=O) groups is 1. The van der Waals surface area contributed by atoms with Crippen LogP contribution in [0.5, 0.6) is 5.75 Å². The van der Waals surface area contributed by atoms with Crippen LogP contribution in [0.3, 0.4) is 0 Å². The second-order valence-corrected chi connectivity index (χ2v) is 2.81. The van der Waals surface area contributed by atoms with Crippen LogP contribution in [0.2, 0.25) is 0 Å². The fourth-order valence-electron chi connectivity index (χ4n) is 0.831. The Morgan fingerprint density at radius 1 is 1.33 bits per heavy atom. The molecule has 2 N–H and O–H groups in total. The van der Waals surface area contributed by atoms with Crippen molar-refractivity contribution in [3.05, 3.63) is 30.3 Å². The summed E-state index contributed by atoms with van der Waals surface area (Å²) in [5, 5.41) is 17.3. The lowest BCUT2D eigenvalue weighted by Crippen LogP contribution is -2.23. The van der Waals surface area contributed by atoms with Gasteiger partial charge in [0.2, 0.25) is 0 Å². The molecule has 0 aliphatic carbocycles. The van der Waals surface area contributed by atoms with Crippen molar-refractivity contribution in [2.45, 2.75) is 6.10 Å². The molecule has 0 saturated carbocycles. The zero-order chi connectivity index (χ0) is 11.1. The van der Waals surface area contributed by atoms with Crippen molar-refractivity contribution in [2.75, 3.05) is 13.2 Å². The number of carbonyl (C=O) groups excluding carboxylic acids is 1. The lowest BCUT2D eigenvalue weighted by atomic mass is 10.3. The number of ether oxygens (including phenoxy) is 2. The molecular weight excluding hydrogens is 200 g/mol. The highest BCUT2D eigenvalue weighted by atomic mass is 16.7. The normalized spacial score (nSPS) is 11.9. The summed E-state index contributed by atoms with van der Waals surface area (Å²) in [6.07, 6.45) is -1.98. The minimum absolute atomic E-state index is 0.290. The van der Waals surface area contributed by atoms with Gasteiger partial charge in [-0.05, 0) is 12.1 Å². The fraction of sp³-hybridized carbons (Fsp3) is 0.300. The Morgan fingerprint density at radius 2 is 2.00 bits per heavy atom. The third kappa shape index (κ3) is 4.44. The van der Waals surface area contributed by atoms with Gasteiger partial charge in [0.15, 0.2) is 0 Å². The number of hydrogen-bond donors (Lipinski definition) is 2. The molecule has 0 bridgehead atoms. The van der Waals surface area contributed by atoms with Gasteiger partial charge in [-0.15, -0.1) is 0 Å². The molecule has 15 heavy (non-hydrogen) atoms. The van der Waals surface area contributed by atoms with Crippen LogP contribution in [0.1, 0.15) is 0 Å². The third-order valence-electron chi connectivity index (χ3n) is 1.55. The maximum Gasteiger partial charge on any atom is 0.513 e. The predicted octanol–water partition coefficient (Wildman–Crippen LogP) is 0.555. The Bertz CT molecular complexity index is 298. The molecular formula is C10H12O5. The largest absolute Gasteiger partial charge is 0.513 e. The topological polar surface area (TPSA) is 76.0 Å². The first-order valence-electron chi connectivity index (χ1n) is 4.41. The maximum absolute atomic E-state index is 11.0. The van der Waals surface area contributed by atoms with Crippen LogP contribution < -0.4 is 4.74 Å². The van der Waals surface area contributed by atoms with Crippen LogP contribution in [0.15, 0.2) is 30.3 Å².